The van der Waals surface area contributed by atoms with Gasteiger partial charge in [-0.3, -0.25) is 0 Å². The van der Waals surface area contributed by atoms with E-state index < -0.39 is 0 Å². The molecular formula is C4H11NS2. The normalized spacial score (nSPS) is 6.14. The Kier molecular flexibility index (Phi) is 14.0. The zero-order chi connectivity index (χ0) is 6.28. The van der Waals surface area contributed by atoms with Gasteiger partial charge in [0, 0.05) is 0 Å². The van der Waals surface area contributed by atoms with E-state index in [9.17, 15) is 0 Å². The molecule has 0 bridgehead atoms. The van der Waals surface area contributed by atoms with E-state index >= 15 is 0 Å². The molecule has 0 heterocycles. The van der Waals surface area contributed by atoms with Gasteiger partial charge in [0.25, 0.3) is 0 Å². The molecule has 7 heavy (non-hydrogen) atoms. The van der Waals surface area contributed by atoms with Crippen LogP contribution < -0.4 is 5.73 Å². The van der Waals surface area contributed by atoms with Gasteiger partial charge < -0.3 is 5.73 Å². The molecule has 1 nitrogen and oxygen atoms in total. The topological polar surface area (TPSA) is 26.0 Å². The molecule has 0 aromatic rings. The lowest BCUT2D eigenvalue weighted by atomic mass is 10.6. The zero-order valence-electron chi connectivity index (χ0n) is 4.64. The molecule has 0 radical (unpaired) electrons. The predicted octanol–water partition coefficient (Wildman–Crippen LogP) is 1.58. The molecule has 0 amide bonds. The summed E-state index contributed by atoms with van der Waals surface area (Å²) < 4.78 is 0.194. The SMILES string of the molecule is CCC.NC(=S)S. The second-order valence-electron chi connectivity index (χ2n) is 1.05. The fourth-order valence-corrected chi connectivity index (χ4v) is 0. The number of nitrogens with two attached hydrogens (primary N) is 1. The van der Waals surface area contributed by atoms with Gasteiger partial charge in [0.15, 0.2) is 0 Å². The molecule has 44 valence electrons. The summed E-state index contributed by atoms with van der Waals surface area (Å²) in [5.74, 6) is 0. The lowest BCUT2D eigenvalue weighted by Gasteiger charge is -1.64. The molecule has 0 spiro atoms. The smallest absolute Gasteiger partial charge is 0.128 e. The van der Waals surface area contributed by atoms with Crippen molar-refractivity contribution in [3.63, 3.8) is 0 Å². The average Bonchev–Trinajstić information content (AvgIpc) is 1.33. The van der Waals surface area contributed by atoms with E-state index in [4.69, 9.17) is 5.73 Å². The Morgan fingerprint density at radius 1 is 1.71 bits per heavy atom. The Morgan fingerprint density at radius 2 is 1.71 bits per heavy atom. The van der Waals surface area contributed by atoms with E-state index in [-0.39, 0.29) is 4.32 Å². The first-order valence-corrected chi connectivity index (χ1v) is 2.99. The van der Waals surface area contributed by atoms with Crippen molar-refractivity contribution < 1.29 is 0 Å². The van der Waals surface area contributed by atoms with E-state index in [2.05, 4.69) is 38.7 Å². The standard InChI is InChI=1S/C3H8.CH3NS2/c1-3-2;2-1(3)4/h3H2,1-2H3;(H3,2,3,4). The van der Waals surface area contributed by atoms with Gasteiger partial charge in [-0.2, -0.15) is 0 Å². The van der Waals surface area contributed by atoms with Gasteiger partial charge in [0.05, 0.1) is 0 Å². The molecule has 0 aliphatic carbocycles. The average molecular weight is 137 g/mol. The van der Waals surface area contributed by atoms with Gasteiger partial charge in [-0.05, 0) is 0 Å². The summed E-state index contributed by atoms with van der Waals surface area (Å²) >= 11 is 7.65. The van der Waals surface area contributed by atoms with Crippen LogP contribution in [0.15, 0.2) is 0 Å². The second-order valence-corrected chi connectivity index (χ2v) is 2.27. The van der Waals surface area contributed by atoms with Crippen LogP contribution in [-0.4, -0.2) is 4.32 Å². The molecular weight excluding hydrogens is 126 g/mol. The molecule has 3 heteroatoms. The van der Waals surface area contributed by atoms with E-state index in [1.54, 1.807) is 0 Å². The van der Waals surface area contributed by atoms with Crippen LogP contribution in [0.25, 0.3) is 0 Å². The largest absolute Gasteiger partial charge is 0.385 e. The number of thiol groups is 1. The number of rotatable bonds is 0. The maximum atomic E-state index is 4.71. The Morgan fingerprint density at radius 3 is 1.71 bits per heavy atom. The summed E-state index contributed by atoms with van der Waals surface area (Å²) in [5, 5.41) is 0. The van der Waals surface area contributed by atoms with Gasteiger partial charge >= 0.3 is 0 Å². The van der Waals surface area contributed by atoms with Crippen molar-refractivity contribution in [2.75, 3.05) is 0 Å². The van der Waals surface area contributed by atoms with Crippen molar-refractivity contribution in [1.29, 1.82) is 0 Å². The molecule has 0 aliphatic rings. The van der Waals surface area contributed by atoms with Crippen LogP contribution in [0.5, 0.6) is 0 Å². The van der Waals surface area contributed by atoms with Gasteiger partial charge in [0.1, 0.15) is 4.32 Å². The highest BCUT2D eigenvalue weighted by atomic mass is 32.1. The lowest BCUT2D eigenvalue weighted by Crippen LogP contribution is -1.94. The number of hydrogen-bond acceptors (Lipinski definition) is 1. The molecule has 0 aromatic heterocycles. The molecule has 0 aliphatic heterocycles. The summed E-state index contributed by atoms with van der Waals surface area (Å²) in [5.41, 5.74) is 4.71. The summed E-state index contributed by atoms with van der Waals surface area (Å²) in [6, 6.07) is 0. The first-order chi connectivity index (χ1) is 3.15. The Labute approximate surface area is 55.7 Å². The monoisotopic (exact) mass is 137 g/mol. The highest BCUT2D eigenvalue weighted by molar-refractivity contribution is 8.10. The Bertz CT molecular complexity index is 41.0. The zero-order valence-corrected chi connectivity index (χ0v) is 6.35. The van der Waals surface area contributed by atoms with E-state index in [1.165, 1.54) is 6.42 Å². The van der Waals surface area contributed by atoms with Crippen LogP contribution in [0.4, 0.5) is 0 Å². The second kappa shape index (κ2) is 9.53. The van der Waals surface area contributed by atoms with Gasteiger partial charge in [-0.25, -0.2) is 0 Å². The summed E-state index contributed by atoms with van der Waals surface area (Å²) in [7, 11) is 0. The lowest BCUT2D eigenvalue weighted by molar-refractivity contribution is 1.09. The number of hydrogen-bond donors (Lipinski definition) is 2. The van der Waals surface area contributed by atoms with Crippen LogP contribution in [0.1, 0.15) is 20.3 Å². The molecule has 0 saturated carbocycles. The van der Waals surface area contributed by atoms with Crippen molar-refractivity contribution in [2.24, 2.45) is 5.73 Å². The maximum absolute atomic E-state index is 4.71. The quantitative estimate of drug-likeness (QED) is 0.391. The van der Waals surface area contributed by atoms with Crippen LogP contribution in [0, 0.1) is 0 Å². The molecule has 0 unspecified atom stereocenters. The maximum Gasteiger partial charge on any atom is 0.128 e. The highest BCUT2D eigenvalue weighted by Crippen LogP contribution is 1.63. The molecule has 0 fully saturated rings. The third-order valence-corrected chi connectivity index (χ3v) is 0. The van der Waals surface area contributed by atoms with E-state index in [1.807, 2.05) is 0 Å². The van der Waals surface area contributed by atoms with Gasteiger partial charge in [-0.1, -0.05) is 32.5 Å². The van der Waals surface area contributed by atoms with Crippen molar-refractivity contribution in [3.8, 4) is 0 Å². The van der Waals surface area contributed by atoms with Crippen LogP contribution >= 0.6 is 24.8 Å². The molecule has 0 rings (SSSR count). The third kappa shape index (κ3) is 1950. The summed E-state index contributed by atoms with van der Waals surface area (Å²) in [6.07, 6.45) is 1.25. The minimum absolute atomic E-state index is 0.194. The fourth-order valence-electron chi connectivity index (χ4n) is 0. The van der Waals surface area contributed by atoms with Crippen LogP contribution in [0.3, 0.4) is 0 Å². The first-order valence-electron chi connectivity index (χ1n) is 2.13. The van der Waals surface area contributed by atoms with Gasteiger partial charge in [-0.15, -0.1) is 12.6 Å². The van der Waals surface area contributed by atoms with E-state index in [0.29, 0.717) is 0 Å². The first kappa shape index (κ1) is 10.3. The fraction of sp³-hybridized carbons (Fsp3) is 0.750. The minimum Gasteiger partial charge on any atom is -0.385 e. The van der Waals surface area contributed by atoms with Crippen molar-refractivity contribution in [2.45, 2.75) is 20.3 Å². The Hall–Kier alpha value is 0.240. The van der Waals surface area contributed by atoms with Crippen LogP contribution in [0.2, 0.25) is 0 Å². The molecule has 0 saturated heterocycles. The number of thiocarbonyl (C=S) groups is 1. The summed E-state index contributed by atoms with van der Waals surface area (Å²) in [4.78, 5) is 0. The highest BCUT2D eigenvalue weighted by Gasteiger charge is 1.55. The van der Waals surface area contributed by atoms with Gasteiger partial charge in [0.2, 0.25) is 0 Å². The Balaban J connectivity index is 0. The van der Waals surface area contributed by atoms with Crippen molar-refractivity contribution in [1.82, 2.24) is 0 Å². The predicted molar refractivity (Wildman–Crippen MR) is 41.7 cm³/mol. The minimum atomic E-state index is 0.194. The third-order valence-electron chi connectivity index (χ3n) is 0. The molecule has 2 N–H and O–H groups in total. The summed E-state index contributed by atoms with van der Waals surface area (Å²) in [6.45, 7) is 4.25. The molecule has 0 aromatic carbocycles. The molecule has 0 atom stereocenters. The van der Waals surface area contributed by atoms with E-state index in [0.717, 1.165) is 0 Å². The van der Waals surface area contributed by atoms with Crippen LogP contribution in [-0.2, 0) is 0 Å². The van der Waals surface area contributed by atoms with Crippen molar-refractivity contribution in [3.05, 3.63) is 0 Å². The van der Waals surface area contributed by atoms with Crippen molar-refractivity contribution >= 4 is 29.2 Å².